The number of hydrogen-bond donors (Lipinski definition) is 1. The van der Waals surface area contributed by atoms with E-state index in [1.54, 1.807) is 0 Å². The Bertz CT molecular complexity index is 410. The number of aromatic nitrogens is 1. The van der Waals surface area contributed by atoms with Crippen molar-refractivity contribution in [1.82, 2.24) is 4.98 Å². The van der Waals surface area contributed by atoms with Crippen molar-refractivity contribution in [3.63, 3.8) is 0 Å². The van der Waals surface area contributed by atoms with Crippen LogP contribution in [0, 0.1) is 5.95 Å². The third kappa shape index (κ3) is 2.30. The Morgan fingerprint density at radius 1 is 1.62 bits per heavy atom. The van der Waals surface area contributed by atoms with E-state index in [0.717, 1.165) is 7.11 Å². The number of pyridine rings is 1. The first kappa shape index (κ1) is 12.4. The van der Waals surface area contributed by atoms with Gasteiger partial charge in [-0.1, -0.05) is 0 Å². The van der Waals surface area contributed by atoms with Crippen LogP contribution >= 0.6 is 0 Å². The quantitative estimate of drug-likeness (QED) is 0.634. The minimum atomic E-state index is -3.00. The zero-order valence-corrected chi connectivity index (χ0v) is 8.34. The van der Waals surface area contributed by atoms with Crippen molar-refractivity contribution in [3.05, 3.63) is 28.8 Å². The molecule has 7 heteroatoms. The number of ether oxygens (including phenoxy) is 1. The van der Waals surface area contributed by atoms with Crippen molar-refractivity contribution in [2.75, 3.05) is 7.11 Å². The maximum atomic E-state index is 12.9. The molecular formula is C9H9F3N2O2. The highest BCUT2D eigenvalue weighted by Gasteiger charge is 2.24. The fourth-order valence-electron chi connectivity index (χ4n) is 1.24. The Kier molecular flexibility index (Phi) is 3.83. The summed E-state index contributed by atoms with van der Waals surface area (Å²) in [5, 5.41) is 0. The minimum Gasteiger partial charge on any atom is -0.465 e. The van der Waals surface area contributed by atoms with Gasteiger partial charge in [-0.2, -0.15) is 4.39 Å². The van der Waals surface area contributed by atoms with E-state index >= 15 is 0 Å². The lowest BCUT2D eigenvalue weighted by Gasteiger charge is -2.10. The number of nitrogens with two attached hydrogens (primary N) is 1. The molecule has 0 spiro atoms. The van der Waals surface area contributed by atoms with Crippen LogP contribution < -0.4 is 5.73 Å². The summed E-state index contributed by atoms with van der Waals surface area (Å²) >= 11 is 0. The summed E-state index contributed by atoms with van der Waals surface area (Å²) in [5.74, 6) is -2.12. The van der Waals surface area contributed by atoms with Crippen molar-refractivity contribution in [2.24, 2.45) is 5.73 Å². The summed E-state index contributed by atoms with van der Waals surface area (Å²) in [7, 11) is 1.03. The summed E-state index contributed by atoms with van der Waals surface area (Å²) in [5.41, 5.74) is 3.72. The van der Waals surface area contributed by atoms with Gasteiger partial charge < -0.3 is 10.5 Å². The van der Waals surface area contributed by atoms with Crippen LogP contribution in [0.1, 0.15) is 28.0 Å². The highest BCUT2D eigenvalue weighted by atomic mass is 19.3. The number of carbonyl (C=O) groups is 1. The van der Waals surface area contributed by atoms with Crippen molar-refractivity contribution in [2.45, 2.75) is 13.0 Å². The van der Waals surface area contributed by atoms with Crippen LogP contribution in [0.2, 0.25) is 0 Å². The summed E-state index contributed by atoms with van der Waals surface area (Å²) in [4.78, 5) is 14.5. The summed E-state index contributed by atoms with van der Waals surface area (Å²) < 4.78 is 42.3. The van der Waals surface area contributed by atoms with Gasteiger partial charge in [-0.25, -0.2) is 18.6 Å². The lowest BCUT2D eigenvalue weighted by Crippen LogP contribution is -2.15. The van der Waals surface area contributed by atoms with Gasteiger partial charge in [0, 0.05) is 18.2 Å². The van der Waals surface area contributed by atoms with Crippen molar-refractivity contribution >= 4 is 5.97 Å². The monoisotopic (exact) mass is 234 g/mol. The standard InChI is InChI=1S/C9H9F3N2O2/c1-16-9(15)7-4(8(11)12)2-6(10)14-5(7)3-13/h2,8H,3,13H2,1H3. The van der Waals surface area contributed by atoms with Crippen LogP contribution in [0.4, 0.5) is 13.2 Å². The molecule has 1 aromatic heterocycles. The van der Waals surface area contributed by atoms with Gasteiger partial charge in [-0.05, 0) is 0 Å². The normalized spacial score (nSPS) is 10.6. The zero-order valence-electron chi connectivity index (χ0n) is 8.34. The van der Waals surface area contributed by atoms with E-state index in [1.807, 2.05) is 0 Å². The summed E-state index contributed by atoms with van der Waals surface area (Å²) in [6, 6.07) is 0.496. The predicted molar refractivity (Wildman–Crippen MR) is 48.4 cm³/mol. The van der Waals surface area contributed by atoms with E-state index in [2.05, 4.69) is 9.72 Å². The molecule has 16 heavy (non-hydrogen) atoms. The molecule has 4 nitrogen and oxygen atoms in total. The third-order valence-corrected chi connectivity index (χ3v) is 1.91. The molecule has 1 heterocycles. The second-order valence-corrected chi connectivity index (χ2v) is 2.85. The summed E-state index contributed by atoms with van der Waals surface area (Å²) in [6.07, 6.45) is -3.00. The average molecular weight is 234 g/mol. The molecule has 0 aromatic carbocycles. The maximum absolute atomic E-state index is 12.9. The Labute approximate surface area is 89.2 Å². The van der Waals surface area contributed by atoms with Crippen LogP contribution in [0.5, 0.6) is 0 Å². The van der Waals surface area contributed by atoms with E-state index < -0.39 is 29.5 Å². The first-order chi connectivity index (χ1) is 7.51. The van der Waals surface area contributed by atoms with Crippen LogP contribution in [0.25, 0.3) is 0 Å². The van der Waals surface area contributed by atoms with Crippen molar-refractivity contribution in [1.29, 1.82) is 0 Å². The van der Waals surface area contributed by atoms with E-state index in [-0.39, 0.29) is 12.2 Å². The fourth-order valence-corrected chi connectivity index (χ4v) is 1.24. The average Bonchev–Trinajstić information content (AvgIpc) is 2.26. The van der Waals surface area contributed by atoms with Gasteiger partial charge in [0.05, 0.1) is 18.4 Å². The molecule has 0 saturated carbocycles. The second-order valence-electron chi connectivity index (χ2n) is 2.85. The molecule has 0 amide bonds. The second kappa shape index (κ2) is 4.93. The van der Waals surface area contributed by atoms with Gasteiger partial charge >= 0.3 is 5.97 Å². The molecule has 0 radical (unpaired) electrons. The molecule has 0 aliphatic heterocycles. The first-order valence-electron chi connectivity index (χ1n) is 4.27. The maximum Gasteiger partial charge on any atom is 0.340 e. The number of hydrogen-bond acceptors (Lipinski definition) is 4. The molecule has 1 aromatic rings. The van der Waals surface area contributed by atoms with E-state index in [4.69, 9.17) is 5.73 Å². The molecule has 1 rings (SSSR count). The Morgan fingerprint density at radius 2 is 2.25 bits per heavy atom. The highest BCUT2D eigenvalue weighted by molar-refractivity contribution is 5.92. The van der Waals surface area contributed by atoms with Crippen LogP contribution in [-0.2, 0) is 11.3 Å². The van der Waals surface area contributed by atoms with Gasteiger partial charge in [0.15, 0.2) is 0 Å². The minimum absolute atomic E-state index is 0.248. The highest BCUT2D eigenvalue weighted by Crippen LogP contribution is 2.25. The molecule has 0 unspecified atom stereocenters. The number of esters is 1. The van der Waals surface area contributed by atoms with E-state index in [9.17, 15) is 18.0 Å². The smallest absolute Gasteiger partial charge is 0.340 e. The summed E-state index contributed by atoms with van der Waals surface area (Å²) in [6.45, 7) is -0.331. The Morgan fingerprint density at radius 3 is 2.69 bits per heavy atom. The Balaban J connectivity index is 3.45. The van der Waals surface area contributed by atoms with Crippen LogP contribution in [-0.4, -0.2) is 18.1 Å². The van der Waals surface area contributed by atoms with E-state index in [0.29, 0.717) is 6.07 Å². The number of rotatable bonds is 3. The molecule has 2 N–H and O–H groups in total. The zero-order chi connectivity index (χ0) is 12.3. The number of halogens is 3. The number of nitrogens with zero attached hydrogens (tertiary/aromatic N) is 1. The van der Waals surface area contributed by atoms with Gasteiger partial charge in [-0.3, -0.25) is 0 Å². The third-order valence-electron chi connectivity index (χ3n) is 1.91. The van der Waals surface area contributed by atoms with E-state index in [1.165, 1.54) is 0 Å². The number of alkyl halides is 2. The molecule has 0 aliphatic carbocycles. The molecule has 0 aliphatic rings. The molecule has 0 fully saturated rings. The predicted octanol–water partition coefficient (Wildman–Crippen LogP) is 1.40. The van der Waals surface area contributed by atoms with Gasteiger partial charge in [0.25, 0.3) is 6.43 Å². The SMILES string of the molecule is COC(=O)c1c(C(F)F)cc(F)nc1CN. The van der Waals surface area contributed by atoms with Crippen LogP contribution in [0.3, 0.4) is 0 Å². The Hall–Kier alpha value is -1.63. The first-order valence-corrected chi connectivity index (χ1v) is 4.27. The fraction of sp³-hybridized carbons (Fsp3) is 0.333. The number of carbonyl (C=O) groups excluding carboxylic acids is 1. The molecule has 88 valence electrons. The molecular weight excluding hydrogens is 225 g/mol. The lowest BCUT2D eigenvalue weighted by molar-refractivity contribution is 0.0586. The molecule has 0 saturated heterocycles. The van der Waals surface area contributed by atoms with Gasteiger partial charge in [0.2, 0.25) is 5.95 Å². The molecule has 0 atom stereocenters. The van der Waals surface area contributed by atoms with Crippen molar-refractivity contribution in [3.8, 4) is 0 Å². The molecule has 0 bridgehead atoms. The number of methoxy groups -OCH3 is 1. The largest absolute Gasteiger partial charge is 0.465 e. The van der Waals surface area contributed by atoms with Gasteiger partial charge in [-0.15, -0.1) is 0 Å². The van der Waals surface area contributed by atoms with Crippen LogP contribution in [0.15, 0.2) is 6.07 Å². The topological polar surface area (TPSA) is 65.2 Å². The lowest BCUT2D eigenvalue weighted by atomic mass is 10.1. The van der Waals surface area contributed by atoms with Crippen molar-refractivity contribution < 1.29 is 22.7 Å². The van der Waals surface area contributed by atoms with Gasteiger partial charge in [0.1, 0.15) is 0 Å².